The van der Waals surface area contributed by atoms with Gasteiger partial charge in [0, 0.05) is 53.0 Å². The SMILES string of the molecule is O=C(O)CN(CC(=O)O)Cc1cc2c(cc1O)Oc1cc(O)c(CN(CC(=O)O)CC(=O)O)cc1C21OC(=O)c2ccccc21.Oc1ccccc1Br. The molecule has 4 aromatic carbocycles. The number of halogens is 1. The van der Waals surface area contributed by atoms with E-state index in [-0.39, 0.29) is 69.7 Å². The predicted molar refractivity (Wildman–Crippen MR) is 185 cm³/mol. The van der Waals surface area contributed by atoms with E-state index in [9.17, 15) is 54.6 Å². The molecule has 2 heterocycles. The molecule has 53 heavy (non-hydrogen) atoms. The zero-order chi connectivity index (χ0) is 38.6. The largest absolute Gasteiger partial charge is 0.507 e. The quantitative estimate of drug-likeness (QED) is 0.101. The molecule has 276 valence electrons. The van der Waals surface area contributed by atoms with Crippen LogP contribution in [0.5, 0.6) is 28.7 Å². The van der Waals surface area contributed by atoms with E-state index in [1.807, 2.05) is 6.07 Å². The zero-order valence-corrected chi connectivity index (χ0v) is 29.0. The Labute approximate surface area is 308 Å². The van der Waals surface area contributed by atoms with Crippen LogP contribution in [0.4, 0.5) is 0 Å². The van der Waals surface area contributed by atoms with Gasteiger partial charge < -0.3 is 45.2 Å². The number of para-hydroxylation sites is 1. The summed E-state index contributed by atoms with van der Waals surface area (Å²) in [6, 6.07) is 18.7. The van der Waals surface area contributed by atoms with Gasteiger partial charge in [0.1, 0.15) is 28.7 Å². The second-order valence-corrected chi connectivity index (χ2v) is 12.8. The van der Waals surface area contributed by atoms with Crippen molar-refractivity contribution in [2.75, 3.05) is 26.2 Å². The number of esters is 1. The van der Waals surface area contributed by atoms with Gasteiger partial charge in [0.25, 0.3) is 0 Å². The highest BCUT2D eigenvalue weighted by atomic mass is 79.9. The van der Waals surface area contributed by atoms with Gasteiger partial charge in [-0.05, 0) is 46.3 Å². The fraction of sp³-hybridized carbons (Fsp3) is 0.194. The molecule has 7 N–H and O–H groups in total. The van der Waals surface area contributed by atoms with Crippen LogP contribution >= 0.6 is 15.9 Å². The van der Waals surface area contributed by atoms with Crippen molar-refractivity contribution < 1.29 is 69.2 Å². The van der Waals surface area contributed by atoms with E-state index >= 15 is 0 Å². The average molecular weight is 796 g/mol. The van der Waals surface area contributed by atoms with Crippen molar-refractivity contribution in [2.24, 2.45) is 0 Å². The predicted octanol–water partition coefficient (Wildman–Crippen LogP) is 3.76. The first-order valence-electron chi connectivity index (χ1n) is 15.6. The molecular formula is C36H31BrN2O14. The van der Waals surface area contributed by atoms with Crippen LogP contribution in [0.25, 0.3) is 0 Å². The minimum Gasteiger partial charge on any atom is -0.507 e. The van der Waals surface area contributed by atoms with E-state index in [0.29, 0.717) is 5.56 Å². The number of hydrogen-bond acceptors (Lipinski definition) is 12. The van der Waals surface area contributed by atoms with E-state index in [1.54, 1.807) is 36.4 Å². The molecule has 16 nitrogen and oxygen atoms in total. The maximum atomic E-state index is 13.3. The number of nitrogens with zero attached hydrogens (tertiary/aromatic N) is 2. The van der Waals surface area contributed by atoms with Gasteiger partial charge in [-0.2, -0.15) is 0 Å². The van der Waals surface area contributed by atoms with Crippen molar-refractivity contribution in [3.8, 4) is 28.7 Å². The number of aliphatic carboxylic acids is 4. The van der Waals surface area contributed by atoms with Crippen LogP contribution in [0, 0.1) is 0 Å². The normalized spacial score (nSPS) is 13.2. The number of carboxylic acid groups (broad SMARTS) is 4. The Morgan fingerprint density at radius 2 is 1.04 bits per heavy atom. The zero-order valence-electron chi connectivity index (χ0n) is 27.4. The monoisotopic (exact) mass is 794 g/mol. The maximum absolute atomic E-state index is 13.3. The van der Waals surface area contributed by atoms with Crippen molar-refractivity contribution in [2.45, 2.75) is 18.7 Å². The van der Waals surface area contributed by atoms with Crippen LogP contribution in [0.3, 0.4) is 0 Å². The number of carbonyl (C=O) groups is 5. The van der Waals surface area contributed by atoms with E-state index in [4.69, 9.17) is 14.6 Å². The lowest BCUT2D eigenvalue weighted by Crippen LogP contribution is -2.36. The van der Waals surface area contributed by atoms with Gasteiger partial charge >= 0.3 is 29.8 Å². The fourth-order valence-corrected chi connectivity index (χ4v) is 6.40. The molecule has 2 aliphatic rings. The van der Waals surface area contributed by atoms with Gasteiger partial charge in [0.05, 0.1) is 36.2 Å². The molecule has 0 radical (unpaired) electrons. The molecule has 0 atom stereocenters. The van der Waals surface area contributed by atoms with Gasteiger partial charge in [-0.15, -0.1) is 0 Å². The summed E-state index contributed by atoms with van der Waals surface area (Å²) in [5.74, 6) is -6.33. The van der Waals surface area contributed by atoms with E-state index in [1.165, 1.54) is 30.3 Å². The third-order valence-corrected chi connectivity index (χ3v) is 8.86. The standard InChI is InChI=1S/C30H26N2O13.C6H5BrO/c33-21-7-23-19(5-15(21)9-31(11-25(35)36)12-26(37)38)30(18-4-2-1-3-17(18)29(43)45-30)20-6-16(22(34)8-24(20)44-23)10-32(13-27(39)40)14-28(41)42;7-5-3-1-2-4-6(5)8/h1-8,33-34H,9-14H2,(H,35,36)(H,37,38)(H,39,40)(H,41,42);1-4,8H. The Morgan fingerprint density at radius 3 is 1.45 bits per heavy atom. The number of carboxylic acids is 4. The Hall–Kier alpha value is -6.17. The number of hydrogen-bond donors (Lipinski definition) is 7. The summed E-state index contributed by atoms with van der Waals surface area (Å²) < 4.78 is 12.9. The molecule has 0 fully saturated rings. The third kappa shape index (κ3) is 8.33. The molecule has 2 aliphatic heterocycles. The van der Waals surface area contributed by atoms with Gasteiger partial charge in [-0.3, -0.25) is 29.0 Å². The number of phenols is 3. The molecule has 6 rings (SSSR count). The van der Waals surface area contributed by atoms with E-state index < -0.39 is 61.6 Å². The molecule has 1 spiro atoms. The Bertz CT molecular complexity index is 1970. The summed E-state index contributed by atoms with van der Waals surface area (Å²) in [4.78, 5) is 61.0. The molecule has 0 amide bonds. The summed E-state index contributed by atoms with van der Waals surface area (Å²) in [6.45, 7) is -3.27. The van der Waals surface area contributed by atoms with Gasteiger partial charge in [-0.25, -0.2) is 4.79 Å². The number of benzene rings is 4. The third-order valence-electron chi connectivity index (χ3n) is 8.19. The summed E-state index contributed by atoms with van der Waals surface area (Å²) in [6.07, 6.45) is 0. The minimum atomic E-state index is -1.75. The maximum Gasteiger partial charge on any atom is 0.340 e. The van der Waals surface area contributed by atoms with Crippen LogP contribution in [0.15, 0.2) is 77.3 Å². The Morgan fingerprint density at radius 1 is 0.604 bits per heavy atom. The second-order valence-electron chi connectivity index (χ2n) is 12.0. The lowest BCUT2D eigenvalue weighted by molar-refractivity contribution is -0.144. The molecule has 0 bridgehead atoms. The number of fused-ring (bicyclic) bond motifs is 6. The number of ether oxygens (including phenoxy) is 2. The number of phenolic OH excluding ortho intramolecular Hbond substituents is 3. The Kier molecular flexibility index (Phi) is 11.2. The minimum absolute atomic E-state index is 0.0156. The second kappa shape index (κ2) is 15.6. The first kappa shape index (κ1) is 38.1. The van der Waals surface area contributed by atoms with Crippen LogP contribution in [-0.2, 0) is 42.6 Å². The summed E-state index contributed by atoms with van der Waals surface area (Å²) in [7, 11) is 0. The average Bonchev–Trinajstić information content (AvgIpc) is 3.35. The van der Waals surface area contributed by atoms with Crippen molar-refractivity contribution in [1.29, 1.82) is 0 Å². The molecule has 17 heteroatoms. The van der Waals surface area contributed by atoms with Crippen LogP contribution in [0.1, 0.15) is 38.2 Å². The lowest BCUT2D eigenvalue weighted by Gasteiger charge is -2.37. The number of rotatable bonds is 12. The summed E-state index contributed by atoms with van der Waals surface area (Å²) in [5, 5.41) is 67.8. The van der Waals surface area contributed by atoms with Crippen molar-refractivity contribution in [3.05, 3.63) is 111 Å². The van der Waals surface area contributed by atoms with Gasteiger partial charge in [0.2, 0.25) is 0 Å². The van der Waals surface area contributed by atoms with E-state index in [2.05, 4.69) is 15.9 Å². The molecular weight excluding hydrogens is 764 g/mol. The smallest absolute Gasteiger partial charge is 0.340 e. The highest BCUT2D eigenvalue weighted by Gasteiger charge is 2.54. The van der Waals surface area contributed by atoms with E-state index in [0.717, 1.165) is 14.3 Å². The molecule has 0 saturated heterocycles. The van der Waals surface area contributed by atoms with Crippen LogP contribution < -0.4 is 4.74 Å². The topological polar surface area (TPSA) is 252 Å². The molecule has 0 aliphatic carbocycles. The first-order valence-corrected chi connectivity index (χ1v) is 16.4. The summed E-state index contributed by atoms with van der Waals surface area (Å²) in [5.41, 5.74) is -0.636. The highest BCUT2D eigenvalue weighted by Crippen LogP contribution is 2.58. The van der Waals surface area contributed by atoms with Gasteiger partial charge in [0.15, 0.2) is 5.60 Å². The van der Waals surface area contributed by atoms with Gasteiger partial charge in [-0.1, -0.05) is 30.3 Å². The van der Waals surface area contributed by atoms with Crippen LogP contribution in [0.2, 0.25) is 0 Å². The lowest BCUT2D eigenvalue weighted by atomic mass is 9.76. The molecule has 0 saturated carbocycles. The molecule has 0 aromatic heterocycles. The fourth-order valence-electron chi connectivity index (χ4n) is 6.12. The molecule has 0 unspecified atom stereocenters. The highest BCUT2D eigenvalue weighted by molar-refractivity contribution is 9.10. The van der Waals surface area contributed by atoms with Crippen LogP contribution in [-0.4, -0.2) is 102 Å². The van der Waals surface area contributed by atoms with Crippen molar-refractivity contribution >= 4 is 45.8 Å². The number of carbonyl (C=O) groups excluding carboxylic acids is 1. The number of aromatic hydroxyl groups is 3. The Balaban J connectivity index is 0.000000599. The first-order chi connectivity index (χ1) is 25.1. The van der Waals surface area contributed by atoms with Crippen molar-refractivity contribution in [3.63, 3.8) is 0 Å². The summed E-state index contributed by atoms with van der Waals surface area (Å²) >= 11 is 3.15. The van der Waals surface area contributed by atoms with Crippen molar-refractivity contribution in [1.82, 2.24) is 9.80 Å². The molecule has 4 aromatic rings.